The van der Waals surface area contributed by atoms with E-state index in [-0.39, 0.29) is 66.1 Å². The van der Waals surface area contributed by atoms with Gasteiger partial charge in [-0.3, -0.25) is 0 Å². The summed E-state index contributed by atoms with van der Waals surface area (Å²) in [5.74, 6) is 0.162. The van der Waals surface area contributed by atoms with Crippen molar-refractivity contribution in [1.29, 1.82) is 0 Å². The third-order valence-electron chi connectivity index (χ3n) is 20.4. The van der Waals surface area contributed by atoms with E-state index in [9.17, 15) is 0 Å². The molecule has 0 aliphatic rings. The number of aromatic nitrogens is 8. The molecule has 0 saturated heterocycles. The molecule has 135 heavy (non-hydrogen) atoms. The first-order valence-electron chi connectivity index (χ1n) is 42.7. The molecular formula is C119H84Ir3N8O2S3-5. The normalized spacial score (nSPS) is 10.6. The molecule has 0 aliphatic carbocycles. The number of aliphatic hydroxyl groups is 2. The van der Waals surface area contributed by atoms with Gasteiger partial charge >= 0.3 is 20.1 Å². The molecule has 16 heteroatoms. The van der Waals surface area contributed by atoms with Crippen molar-refractivity contribution in [1.82, 2.24) is 39.9 Å². The van der Waals surface area contributed by atoms with E-state index in [1.807, 2.05) is 335 Å². The van der Waals surface area contributed by atoms with Crippen LogP contribution in [0.4, 0.5) is 0 Å². The predicted octanol–water partition coefficient (Wildman–Crippen LogP) is 30.6. The Bertz CT molecular complexity index is 6730. The predicted molar refractivity (Wildman–Crippen MR) is 550 cm³/mol. The summed E-state index contributed by atoms with van der Waals surface area (Å²) >= 11 is 5.20. The van der Waals surface area contributed by atoms with Gasteiger partial charge in [0, 0.05) is 107 Å². The number of fused-ring (bicyclic) bond motifs is 8. The van der Waals surface area contributed by atoms with Crippen LogP contribution in [-0.4, -0.2) is 56.2 Å². The molecule has 10 nitrogen and oxygen atoms in total. The summed E-state index contributed by atoms with van der Waals surface area (Å²) in [6, 6.07) is 160. The quantitative estimate of drug-likeness (QED) is 0.106. The van der Waals surface area contributed by atoms with E-state index < -0.39 is 6.10 Å². The van der Waals surface area contributed by atoms with Crippen molar-refractivity contribution in [3.63, 3.8) is 0 Å². The minimum absolute atomic E-state index is 0. The monoisotopic (exact) mass is 2330 g/mol. The molecule has 0 amide bonds. The maximum atomic E-state index is 8.49. The number of nitrogens with zero attached hydrogens (tertiary/aromatic N) is 8. The zero-order valence-electron chi connectivity index (χ0n) is 73.1. The molecule has 13 aromatic carbocycles. The summed E-state index contributed by atoms with van der Waals surface area (Å²) in [5, 5.41) is 32.4. The number of allylic oxidation sites excluding steroid dienone is 1. The van der Waals surface area contributed by atoms with Crippen LogP contribution in [-0.2, 0) is 60.3 Å². The Hall–Kier alpha value is -14.3. The van der Waals surface area contributed by atoms with Crippen LogP contribution in [0.15, 0.2) is 462 Å². The SMILES string of the molecule is CC(O)=CC(C)O.[Ir+3].[Ir].[Ir].[c-]1c(-c2ccccn2)sc2ccccc12.[c-]1c(-c2ccccn2)sc2ccccc12.[c-]1c(-c2ccccn2)sc2ccccc12.[c-]1ccccc1-c1nccc2ccccc12.[c-]1ccccc1-c1nccc2ccccc12.[c-]1ccccc1-c1nccc2ccccc12.[c-]1ccccc1-c1nccc2ccccc12.[c-]1ccccc1-c1nccc2ccccc12. The number of aliphatic hydroxyl groups excluding tert-OH is 2. The Labute approximate surface area is 839 Å². The molecule has 1 atom stereocenters. The largest absolute Gasteiger partial charge is 3.00 e. The van der Waals surface area contributed by atoms with Crippen molar-refractivity contribution in [3.8, 4) is 88.0 Å². The first-order valence-corrected chi connectivity index (χ1v) is 45.2. The van der Waals surface area contributed by atoms with Gasteiger partial charge in [0.1, 0.15) is 0 Å². The van der Waals surface area contributed by atoms with Gasteiger partial charge in [-0.2, -0.15) is 0 Å². The summed E-state index contributed by atoms with van der Waals surface area (Å²) in [7, 11) is 0. The maximum absolute atomic E-state index is 8.49. The third kappa shape index (κ3) is 27.0. The van der Waals surface area contributed by atoms with Gasteiger partial charge in [0.25, 0.3) is 0 Å². The number of hydrogen-bond donors (Lipinski definition) is 2. The second-order valence-corrected chi connectivity index (χ2v) is 32.8. The smallest absolute Gasteiger partial charge is 0.513 e. The second kappa shape index (κ2) is 51.1. The Morgan fingerprint density at radius 3 is 0.667 bits per heavy atom. The van der Waals surface area contributed by atoms with E-state index in [1.54, 1.807) is 40.9 Å². The summed E-state index contributed by atoms with van der Waals surface area (Å²) in [6.07, 6.45) is 15.5. The van der Waals surface area contributed by atoms with Gasteiger partial charge < -0.3 is 50.1 Å². The van der Waals surface area contributed by atoms with E-state index in [0.717, 1.165) is 88.0 Å². The molecule has 11 heterocycles. The van der Waals surface area contributed by atoms with Gasteiger partial charge in [0.2, 0.25) is 0 Å². The fourth-order valence-electron chi connectivity index (χ4n) is 14.3. The minimum atomic E-state index is -0.537. The second-order valence-electron chi connectivity index (χ2n) is 29.6. The van der Waals surface area contributed by atoms with Crippen molar-refractivity contribution in [2.45, 2.75) is 20.0 Å². The van der Waals surface area contributed by atoms with Gasteiger partial charge in [-0.1, -0.05) is 194 Å². The molecule has 24 aromatic rings. The van der Waals surface area contributed by atoms with Crippen LogP contribution in [0.3, 0.4) is 0 Å². The Balaban J connectivity index is 0.000000129. The van der Waals surface area contributed by atoms with E-state index >= 15 is 0 Å². The Morgan fingerprint density at radius 1 is 0.259 bits per heavy atom. The molecule has 1 unspecified atom stereocenters. The summed E-state index contributed by atoms with van der Waals surface area (Å²) < 4.78 is 3.79. The van der Waals surface area contributed by atoms with Crippen LogP contribution < -0.4 is 0 Å². The number of benzene rings is 13. The van der Waals surface area contributed by atoms with Gasteiger partial charge in [-0.05, 0) is 180 Å². The standard InChI is InChI=1S/5C15H10N.3C13H8NS.C5H10O2.3Ir/c5*1-2-7-13(8-3-1)15-14-9-5-4-6-12(14)10-11-16-15;3*1-2-7-12-10(5-1)9-13(15-12)11-6-3-4-8-14-11;1-4(6)3-5(2)7;;;/h5*1-7,9-11H;3*1-8H;3-4,6-7H,1-2H3;;;/q8*-1;;;;+3. The van der Waals surface area contributed by atoms with Gasteiger partial charge in [0.15, 0.2) is 0 Å². The fourth-order valence-corrected chi connectivity index (χ4v) is 17.3. The third-order valence-corrected chi connectivity index (χ3v) is 23.7. The maximum Gasteiger partial charge on any atom is 3.00 e. The van der Waals surface area contributed by atoms with E-state index in [1.165, 1.54) is 97.1 Å². The van der Waals surface area contributed by atoms with Gasteiger partial charge in [-0.15, -0.1) is 250 Å². The Kier molecular flexibility index (Phi) is 37.2. The number of thiophene rings is 3. The number of hydrogen-bond acceptors (Lipinski definition) is 13. The van der Waals surface area contributed by atoms with Crippen LogP contribution in [0.1, 0.15) is 13.8 Å². The summed E-state index contributed by atoms with van der Waals surface area (Å²) in [4.78, 5) is 38.5. The van der Waals surface area contributed by atoms with Crippen molar-refractivity contribution in [2.75, 3.05) is 0 Å². The minimum Gasteiger partial charge on any atom is -0.513 e. The zero-order chi connectivity index (χ0) is 90.1. The first kappa shape index (κ1) is 98.2. The molecule has 0 fully saturated rings. The average Bonchev–Trinajstić information content (AvgIpc) is 1.77. The van der Waals surface area contributed by atoms with Gasteiger partial charge in [0.05, 0.1) is 11.9 Å². The molecule has 0 aliphatic heterocycles. The fraction of sp³-hybridized carbons (Fsp3) is 0.0252. The topological polar surface area (TPSA) is 144 Å². The van der Waals surface area contributed by atoms with Crippen molar-refractivity contribution < 1.29 is 70.5 Å². The van der Waals surface area contributed by atoms with Crippen LogP contribution >= 0.6 is 34.0 Å². The number of pyridine rings is 8. The average molecular weight is 2330 g/mol. The first-order chi connectivity index (χ1) is 65.2. The summed E-state index contributed by atoms with van der Waals surface area (Å²) in [6.45, 7) is 3.10. The summed E-state index contributed by atoms with van der Waals surface area (Å²) in [5.41, 5.74) is 13.2. The van der Waals surface area contributed by atoms with Crippen molar-refractivity contribution in [2.24, 2.45) is 0 Å². The molecular weight excluding hydrogens is 2250 g/mol. The molecule has 0 bridgehead atoms. The molecule has 662 valence electrons. The van der Waals surface area contributed by atoms with Crippen LogP contribution in [0, 0.1) is 48.5 Å². The van der Waals surface area contributed by atoms with E-state index in [0.29, 0.717) is 0 Å². The molecule has 24 rings (SSSR count). The van der Waals surface area contributed by atoms with E-state index in [4.69, 9.17) is 10.2 Å². The van der Waals surface area contributed by atoms with Gasteiger partial charge in [-0.25, -0.2) is 34.0 Å². The van der Waals surface area contributed by atoms with E-state index in [2.05, 4.69) is 204 Å². The van der Waals surface area contributed by atoms with Crippen LogP contribution in [0.2, 0.25) is 0 Å². The number of rotatable bonds is 9. The molecule has 11 aromatic heterocycles. The zero-order valence-corrected chi connectivity index (χ0v) is 82.7. The van der Waals surface area contributed by atoms with Crippen LogP contribution in [0.5, 0.6) is 0 Å². The molecule has 2 radical (unpaired) electrons. The van der Waals surface area contributed by atoms with Crippen molar-refractivity contribution >= 4 is 118 Å². The van der Waals surface area contributed by atoms with Crippen LogP contribution in [0.25, 0.3) is 172 Å². The Morgan fingerprint density at radius 2 is 0.474 bits per heavy atom. The molecule has 0 spiro atoms. The van der Waals surface area contributed by atoms with Crippen molar-refractivity contribution in [3.05, 3.63) is 510 Å². The molecule has 0 saturated carbocycles. The molecule has 2 N–H and O–H groups in total.